The smallest absolute Gasteiger partial charge is 0.305 e. The van der Waals surface area contributed by atoms with Crippen LogP contribution in [0.25, 0.3) is 0 Å². The molecule has 35 heavy (non-hydrogen) atoms. The first-order chi connectivity index (χ1) is 17.0. The second-order valence-electron chi connectivity index (χ2n) is 7.80. The maximum absolute atomic E-state index is 11.0. The largest absolute Gasteiger partial charge is 0.469 e. The molecule has 3 aromatic rings. The van der Waals surface area contributed by atoms with Gasteiger partial charge in [0.25, 0.3) is 0 Å². The lowest BCUT2D eigenvalue weighted by atomic mass is 10.1. The molecule has 0 bridgehead atoms. The van der Waals surface area contributed by atoms with Crippen molar-refractivity contribution in [3.05, 3.63) is 106 Å². The highest BCUT2D eigenvalue weighted by Crippen LogP contribution is 2.12. The highest BCUT2D eigenvalue weighted by atomic mass is 79.9. The molecule has 0 atom stereocenters. The van der Waals surface area contributed by atoms with E-state index >= 15 is 0 Å². The van der Waals surface area contributed by atoms with Gasteiger partial charge in [0.2, 0.25) is 0 Å². The van der Waals surface area contributed by atoms with Crippen LogP contribution in [0.1, 0.15) is 47.9 Å². The summed E-state index contributed by atoms with van der Waals surface area (Å²) >= 11 is 3.37. The number of esters is 2. The Morgan fingerprint density at radius 3 is 1.54 bits per heavy atom. The molecule has 0 aromatic heterocycles. The van der Waals surface area contributed by atoms with Gasteiger partial charge in [-0.25, -0.2) is 0 Å². The highest BCUT2D eigenvalue weighted by molar-refractivity contribution is 9.10. The molecule has 0 amide bonds. The molecule has 0 fully saturated rings. The fourth-order valence-electron chi connectivity index (χ4n) is 3.15. The van der Waals surface area contributed by atoms with E-state index in [1.807, 2.05) is 54.6 Å². The molecule has 3 rings (SSSR count). The molecule has 182 valence electrons. The van der Waals surface area contributed by atoms with Gasteiger partial charge >= 0.3 is 11.9 Å². The zero-order valence-corrected chi connectivity index (χ0v) is 21.8. The molecule has 0 saturated heterocycles. The number of benzene rings is 3. The first-order valence-electron chi connectivity index (χ1n) is 11.5. The van der Waals surface area contributed by atoms with Crippen LogP contribution < -0.4 is 0 Å². The molecular formula is C30H31BrO4. The van der Waals surface area contributed by atoms with E-state index in [-0.39, 0.29) is 11.9 Å². The Bertz CT molecular complexity index is 1100. The van der Waals surface area contributed by atoms with Crippen LogP contribution in [0.3, 0.4) is 0 Å². The van der Waals surface area contributed by atoms with Crippen LogP contribution >= 0.6 is 15.9 Å². The summed E-state index contributed by atoms with van der Waals surface area (Å²) in [6.07, 6.45) is 4.40. The van der Waals surface area contributed by atoms with Crippen LogP contribution in [0.4, 0.5) is 0 Å². The average molecular weight is 535 g/mol. The summed E-state index contributed by atoms with van der Waals surface area (Å²) in [6.45, 7) is 0. The number of carbonyl (C=O) groups excluding carboxylic acids is 2. The molecule has 0 heterocycles. The molecule has 4 nitrogen and oxygen atoms in total. The minimum absolute atomic E-state index is 0.137. The number of aryl methyl sites for hydroxylation is 2. The average Bonchev–Trinajstić information content (AvgIpc) is 2.90. The van der Waals surface area contributed by atoms with Gasteiger partial charge in [-0.3, -0.25) is 9.59 Å². The number of halogens is 1. The number of hydrogen-bond donors (Lipinski definition) is 0. The summed E-state index contributed by atoms with van der Waals surface area (Å²) < 4.78 is 10.3. The molecule has 0 aliphatic rings. The summed E-state index contributed by atoms with van der Waals surface area (Å²) in [5, 5.41) is 0. The number of hydrogen-bond acceptors (Lipinski definition) is 4. The maximum Gasteiger partial charge on any atom is 0.305 e. The summed E-state index contributed by atoms with van der Waals surface area (Å²) in [7, 11) is 2.84. The maximum atomic E-state index is 11.0. The van der Waals surface area contributed by atoms with Crippen molar-refractivity contribution in [2.24, 2.45) is 0 Å². The lowest BCUT2D eigenvalue weighted by Crippen LogP contribution is -2.00. The molecule has 0 N–H and O–H groups in total. The molecule has 0 aliphatic carbocycles. The SMILES string of the molecule is COC(=O)CCCc1ccc(Br)cc1.COC(=O)CCCc1ccc(C#Cc2ccccc2)cc1. The lowest BCUT2D eigenvalue weighted by Gasteiger charge is -2.01. The van der Waals surface area contributed by atoms with E-state index in [4.69, 9.17) is 0 Å². The van der Waals surface area contributed by atoms with Crippen molar-refractivity contribution in [1.82, 2.24) is 0 Å². The third-order valence-electron chi connectivity index (χ3n) is 5.14. The second-order valence-corrected chi connectivity index (χ2v) is 8.71. The Morgan fingerprint density at radius 1 is 0.657 bits per heavy atom. The number of ether oxygens (including phenoxy) is 2. The third-order valence-corrected chi connectivity index (χ3v) is 5.67. The summed E-state index contributed by atoms with van der Waals surface area (Å²) in [5.74, 6) is 5.99. The van der Waals surface area contributed by atoms with Crippen molar-refractivity contribution in [3.63, 3.8) is 0 Å². The van der Waals surface area contributed by atoms with Crippen LogP contribution in [-0.4, -0.2) is 26.2 Å². The van der Waals surface area contributed by atoms with Crippen molar-refractivity contribution in [3.8, 4) is 11.8 Å². The van der Waals surface area contributed by atoms with Gasteiger partial charge < -0.3 is 9.47 Å². The van der Waals surface area contributed by atoms with Gasteiger partial charge in [0, 0.05) is 28.4 Å². The first kappa shape index (κ1) is 27.9. The van der Waals surface area contributed by atoms with Crippen LogP contribution in [0.2, 0.25) is 0 Å². The number of rotatable bonds is 8. The van der Waals surface area contributed by atoms with Crippen molar-refractivity contribution in [1.29, 1.82) is 0 Å². The summed E-state index contributed by atoms with van der Waals surface area (Å²) in [6, 6.07) is 26.2. The molecule has 0 aliphatic heterocycles. The fraction of sp³-hybridized carbons (Fsp3) is 0.267. The van der Waals surface area contributed by atoms with Crippen molar-refractivity contribution in [2.45, 2.75) is 38.5 Å². The van der Waals surface area contributed by atoms with E-state index in [0.717, 1.165) is 41.3 Å². The molecular weight excluding hydrogens is 504 g/mol. The van der Waals surface area contributed by atoms with Gasteiger partial charge in [-0.05, 0) is 73.2 Å². The normalized spacial score (nSPS) is 9.69. The highest BCUT2D eigenvalue weighted by Gasteiger charge is 2.01. The predicted octanol–water partition coefficient (Wildman–Crippen LogP) is 6.53. The van der Waals surface area contributed by atoms with Crippen LogP contribution in [0.15, 0.2) is 83.3 Å². The van der Waals surface area contributed by atoms with E-state index in [9.17, 15) is 9.59 Å². The van der Waals surface area contributed by atoms with Crippen molar-refractivity contribution in [2.75, 3.05) is 14.2 Å². The Hall–Kier alpha value is -3.36. The molecule has 0 saturated carbocycles. The fourth-order valence-corrected chi connectivity index (χ4v) is 3.41. The minimum Gasteiger partial charge on any atom is -0.469 e. The molecule has 3 aromatic carbocycles. The Kier molecular flexibility index (Phi) is 13.0. The second kappa shape index (κ2) is 16.3. The predicted molar refractivity (Wildman–Crippen MR) is 143 cm³/mol. The van der Waals surface area contributed by atoms with E-state index in [1.54, 1.807) is 0 Å². The van der Waals surface area contributed by atoms with Gasteiger partial charge in [0.15, 0.2) is 0 Å². The standard InChI is InChI=1S/C19H18O2.C11H13BrO2/c1-21-19(20)9-5-8-17-11-14-18(15-12-17)13-10-16-6-3-2-4-7-16;1-14-11(13)4-2-3-9-5-7-10(12)8-6-9/h2-4,6-7,11-12,14-15H,5,8-9H2,1H3;5-8H,2-4H2,1H3. The Labute approximate surface area is 216 Å². The van der Waals surface area contributed by atoms with Crippen LogP contribution in [0.5, 0.6) is 0 Å². The molecule has 0 radical (unpaired) electrons. The van der Waals surface area contributed by atoms with Gasteiger partial charge in [0.05, 0.1) is 14.2 Å². The number of methoxy groups -OCH3 is 2. The topological polar surface area (TPSA) is 52.6 Å². The van der Waals surface area contributed by atoms with Gasteiger partial charge in [-0.1, -0.05) is 70.2 Å². The van der Waals surface area contributed by atoms with Gasteiger partial charge in [0.1, 0.15) is 0 Å². The summed E-state index contributed by atoms with van der Waals surface area (Å²) in [4.78, 5) is 21.9. The summed E-state index contributed by atoms with van der Waals surface area (Å²) in [5.41, 5.74) is 4.47. The lowest BCUT2D eigenvalue weighted by molar-refractivity contribution is -0.141. The van der Waals surface area contributed by atoms with Crippen LogP contribution in [-0.2, 0) is 31.9 Å². The molecule has 5 heteroatoms. The van der Waals surface area contributed by atoms with Crippen LogP contribution in [0, 0.1) is 11.8 Å². The molecule has 0 spiro atoms. The molecule has 0 unspecified atom stereocenters. The van der Waals surface area contributed by atoms with Crippen molar-refractivity contribution < 1.29 is 19.1 Å². The Balaban J connectivity index is 0.000000269. The van der Waals surface area contributed by atoms with E-state index in [0.29, 0.717) is 12.8 Å². The first-order valence-corrected chi connectivity index (χ1v) is 12.3. The quantitative estimate of drug-likeness (QED) is 0.243. The minimum atomic E-state index is -0.152. The number of carbonyl (C=O) groups is 2. The van der Waals surface area contributed by atoms with Crippen molar-refractivity contribution >= 4 is 27.9 Å². The Morgan fingerprint density at radius 2 is 1.09 bits per heavy atom. The van der Waals surface area contributed by atoms with E-state index in [2.05, 4.69) is 61.5 Å². The van der Waals surface area contributed by atoms with E-state index < -0.39 is 0 Å². The monoisotopic (exact) mass is 534 g/mol. The zero-order chi connectivity index (χ0) is 25.3. The van der Waals surface area contributed by atoms with Gasteiger partial charge in [-0.15, -0.1) is 0 Å². The third kappa shape index (κ3) is 12.1. The zero-order valence-electron chi connectivity index (χ0n) is 20.3. The van der Waals surface area contributed by atoms with E-state index in [1.165, 1.54) is 25.3 Å². The van der Waals surface area contributed by atoms with Gasteiger partial charge in [-0.2, -0.15) is 0 Å².